The first-order valence-corrected chi connectivity index (χ1v) is 7.36. The second-order valence-corrected chi connectivity index (χ2v) is 5.37. The highest BCUT2D eigenvalue weighted by Crippen LogP contribution is 2.15. The van der Waals surface area contributed by atoms with E-state index in [1.54, 1.807) is 25.2 Å². The van der Waals surface area contributed by atoms with E-state index in [9.17, 15) is 4.79 Å². The molecule has 0 radical (unpaired) electrons. The van der Waals surface area contributed by atoms with E-state index < -0.39 is 0 Å². The highest BCUT2D eigenvalue weighted by molar-refractivity contribution is 5.93. The molecule has 2 rings (SSSR count). The van der Waals surface area contributed by atoms with Gasteiger partial charge in [0.25, 0.3) is 5.91 Å². The van der Waals surface area contributed by atoms with Gasteiger partial charge in [-0.05, 0) is 37.6 Å². The van der Waals surface area contributed by atoms with Gasteiger partial charge in [0, 0.05) is 38.9 Å². The Kier molecular flexibility index (Phi) is 5.09. The van der Waals surface area contributed by atoms with Gasteiger partial charge in [-0.25, -0.2) is 9.97 Å². The molecule has 1 amide bonds. The molecule has 1 heterocycles. The van der Waals surface area contributed by atoms with Gasteiger partial charge in [-0.2, -0.15) is 0 Å². The van der Waals surface area contributed by atoms with Crippen molar-refractivity contribution in [3.63, 3.8) is 0 Å². The summed E-state index contributed by atoms with van der Waals surface area (Å²) in [4.78, 5) is 24.2. The number of hydrogen-bond donors (Lipinski definition) is 0. The lowest BCUT2D eigenvalue weighted by atomic mass is 10.1. The molecule has 5 nitrogen and oxygen atoms in total. The van der Waals surface area contributed by atoms with Crippen molar-refractivity contribution in [2.45, 2.75) is 20.4 Å². The Labute approximate surface area is 131 Å². The quantitative estimate of drug-likeness (QED) is 0.851. The third-order valence-electron chi connectivity index (χ3n) is 3.45. The third kappa shape index (κ3) is 3.81. The van der Waals surface area contributed by atoms with Gasteiger partial charge >= 0.3 is 0 Å². The molecule has 0 aliphatic heterocycles. The average molecular weight is 298 g/mol. The fraction of sp³-hybridized carbons (Fsp3) is 0.353. The Balaban J connectivity index is 2.13. The summed E-state index contributed by atoms with van der Waals surface area (Å²) < 4.78 is 0. The molecular weight excluding hydrogens is 276 g/mol. The fourth-order valence-electron chi connectivity index (χ4n) is 2.21. The number of carbonyl (C=O) groups excluding carboxylic acids is 1. The van der Waals surface area contributed by atoms with Crippen LogP contribution in [0.3, 0.4) is 0 Å². The fourth-order valence-corrected chi connectivity index (χ4v) is 2.21. The first kappa shape index (κ1) is 15.9. The van der Waals surface area contributed by atoms with Crippen LogP contribution in [-0.2, 0) is 6.54 Å². The maximum Gasteiger partial charge on any atom is 0.253 e. The molecule has 0 saturated heterocycles. The molecule has 0 fully saturated rings. The minimum Gasteiger partial charge on any atom is -0.352 e. The van der Waals surface area contributed by atoms with E-state index in [0.29, 0.717) is 5.56 Å². The van der Waals surface area contributed by atoms with Gasteiger partial charge in [-0.3, -0.25) is 4.79 Å². The Morgan fingerprint density at radius 2 is 1.82 bits per heavy atom. The number of aromatic nitrogens is 2. The van der Waals surface area contributed by atoms with Gasteiger partial charge in [-0.1, -0.05) is 12.1 Å². The second kappa shape index (κ2) is 7.02. The predicted molar refractivity (Wildman–Crippen MR) is 88.0 cm³/mol. The number of anilines is 1. The third-order valence-corrected chi connectivity index (χ3v) is 3.45. The molecule has 0 atom stereocenters. The van der Waals surface area contributed by atoms with Crippen LogP contribution in [-0.4, -0.2) is 41.4 Å². The van der Waals surface area contributed by atoms with Crippen molar-refractivity contribution >= 4 is 11.7 Å². The van der Waals surface area contributed by atoms with E-state index in [2.05, 4.69) is 21.8 Å². The molecule has 0 unspecified atom stereocenters. The van der Waals surface area contributed by atoms with E-state index in [0.717, 1.165) is 30.3 Å². The molecular formula is C17H22N4O. The van der Waals surface area contributed by atoms with Gasteiger partial charge in [0.1, 0.15) is 11.6 Å². The van der Waals surface area contributed by atoms with Gasteiger partial charge in [0.15, 0.2) is 0 Å². The van der Waals surface area contributed by atoms with Crippen LogP contribution in [0.2, 0.25) is 0 Å². The van der Waals surface area contributed by atoms with Crippen LogP contribution in [0, 0.1) is 6.92 Å². The summed E-state index contributed by atoms with van der Waals surface area (Å²) in [6.45, 7) is 5.60. The number of nitrogens with zero attached hydrogens (tertiary/aromatic N) is 4. The van der Waals surface area contributed by atoms with E-state index in [4.69, 9.17) is 0 Å². The topological polar surface area (TPSA) is 49.3 Å². The average Bonchev–Trinajstić information content (AvgIpc) is 2.52. The van der Waals surface area contributed by atoms with Crippen molar-refractivity contribution in [1.82, 2.24) is 14.9 Å². The minimum absolute atomic E-state index is 0.0188. The van der Waals surface area contributed by atoms with Crippen molar-refractivity contribution in [3.8, 4) is 0 Å². The van der Waals surface area contributed by atoms with Gasteiger partial charge in [0.2, 0.25) is 0 Å². The Morgan fingerprint density at radius 3 is 2.36 bits per heavy atom. The zero-order valence-electron chi connectivity index (χ0n) is 13.6. The Morgan fingerprint density at radius 1 is 1.14 bits per heavy atom. The molecule has 1 aromatic heterocycles. The lowest BCUT2D eigenvalue weighted by Crippen LogP contribution is -2.24. The standard InChI is InChI=1S/C17H22N4O/c1-5-21(16-10-11-18-13(2)19-16)12-14-6-8-15(9-7-14)17(22)20(3)4/h6-11H,5,12H2,1-4H3. The summed E-state index contributed by atoms with van der Waals surface area (Å²) >= 11 is 0. The number of hydrogen-bond acceptors (Lipinski definition) is 4. The minimum atomic E-state index is 0.0188. The maximum atomic E-state index is 11.9. The van der Waals surface area contributed by atoms with E-state index >= 15 is 0 Å². The normalized spacial score (nSPS) is 10.4. The lowest BCUT2D eigenvalue weighted by Gasteiger charge is -2.22. The van der Waals surface area contributed by atoms with Crippen LogP contribution in [0.25, 0.3) is 0 Å². The molecule has 5 heteroatoms. The summed E-state index contributed by atoms with van der Waals surface area (Å²) in [6, 6.07) is 9.65. The van der Waals surface area contributed by atoms with E-state index in [-0.39, 0.29) is 5.91 Å². The summed E-state index contributed by atoms with van der Waals surface area (Å²) in [5.41, 5.74) is 1.85. The van der Waals surface area contributed by atoms with Crippen molar-refractivity contribution < 1.29 is 4.79 Å². The SMILES string of the molecule is CCN(Cc1ccc(C(=O)N(C)C)cc1)c1ccnc(C)n1. The summed E-state index contributed by atoms with van der Waals surface area (Å²) in [6.07, 6.45) is 1.78. The molecule has 116 valence electrons. The molecule has 0 aliphatic carbocycles. The van der Waals surface area contributed by atoms with Crippen LogP contribution < -0.4 is 4.90 Å². The highest BCUT2D eigenvalue weighted by atomic mass is 16.2. The molecule has 0 N–H and O–H groups in total. The summed E-state index contributed by atoms with van der Waals surface area (Å²) in [5.74, 6) is 1.71. The smallest absolute Gasteiger partial charge is 0.253 e. The van der Waals surface area contributed by atoms with Gasteiger partial charge in [0.05, 0.1) is 0 Å². The number of benzene rings is 1. The van der Waals surface area contributed by atoms with Crippen LogP contribution in [0.15, 0.2) is 36.5 Å². The number of carbonyl (C=O) groups is 1. The summed E-state index contributed by atoms with van der Waals surface area (Å²) in [5, 5.41) is 0. The number of aryl methyl sites for hydroxylation is 1. The monoisotopic (exact) mass is 298 g/mol. The molecule has 0 saturated carbocycles. The first-order chi connectivity index (χ1) is 10.5. The van der Waals surface area contributed by atoms with Crippen LogP contribution >= 0.6 is 0 Å². The zero-order chi connectivity index (χ0) is 16.1. The predicted octanol–water partition coefficient (Wildman–Crippen LogP) is 2.51. The second-order valence-electron chi connectivity index (χ2n) is 5.37. The maximum absolute atomic E-state index is 11.9. The number of amides is 1. The Hall–Kier alpha value is -2.43. The molecule has 1 aromatic carbocycles. The lowest BCUT2D eigenvalue weighted by molar-refractivity contribution is 0.0827. The van der Waals surface area contributed by atoms with E-state index in [1.807, 2.05) is 37.3 Å². The largest absolute Gasteiger partial charge is 0.352 e. The number of rotatable bonds is 5. The van der Waals surface area contributed by atoms with Crippen molar-refractivity contribution in [3.05, 3.63) is 53.5 Å². The first-order valence-electron chi connectivity index (χ1n) is 7.36. The molecule has 2 aromatic rings. The molecule has 22 heavy (non-hydrogen) atoms. The van der Waals surface area contributed by atoms with Gasteiger partial charge in [-0.15, -0.1) is 0 Å². The molecule has 0 spiro atoms. The van der Waals surface area contributed by atoms with Crippen molar-refractivity contribution in [2.75, 3.05) is 25.5 Å². The van der Waals surface area contributed by atoms with Crippen molar-refractivity contribution in [1.29, 1.82) is 0 Å². The Bertz CT molecular complexity index is 637. The molecule has 0 bridgehead atoms. The zero-order valence-corrected chi connectivity index (χ0v) is 13.6. The highest BCUT2D eigenvalue weighted by Gasteiger charge is 2.10. The van der Waals surface area contributed by atoms with Gasteiger partial charge < -0.3 is 9.80 Å². The van der Waals surface area contributed by atoms with Crippen molar-refractivity contribution in [2.24, 2.45) is 0 Å². The summed E-state index contributed by atoms with van der Waals surface area (Å²) in [7, 11) is 3.51. The van der Waals surface area contributed by atoms with E-state index in [1.165, 1.54) is 0 Å². The molecule has 0 aliphatic rings. The van der Waals surface area contributed by atoms with Crippen LogP contribution in [0.5, 0.6) is 0 Å². The van der Waals surface area contributed by atoms with Crippen LogP contribution in [0.1, 0.15) is 28.7 Å². The van der Waals surface area contributed by atoms with Crippen LogP contribution in [0.4, 0.5) is 5.82 Å².